The van der Waals surface area contributed by atoms with Gasteiger partial charge in [0.2, 0.25) is 5.91 Å². The average Bonchev–Trinajstić information content (AvgIpc) is 2.39. The van der Waals surface area contributed by atoms with Gasteiger partial charge in [0.15, 0.2) is 0 Å². The van der Waals surface area contributed by atoms with Crippen LogP contribution in [0.25, 0.3) is 0 Å². The third-order valence-corrected chi connectivity index (χ3v) is 3.93. The number of hydrogen-bond acceptors (Lipinski definition) is 2. The van der Waals surface area contributed by atoms with Crippen LogP contribution in [-0.2, 0) is 11.2 Å². The molecule has 1 aliphatic rings. The molecule has 0 aromatic heterocycles. The number of carbonyl (C=O) groups excluding carboxylic acids is 1. The zero-order chi connectivity index (χ0) is 13.8. The second kappa shape index (κ2) is 6.20. The monoisotopic (exact) mass is 261 g/mol. The summed E-state index contributed by atoms with van der Waals surface area (Å²) in [6, 6.07) is 8.10. The van der Waals surface area contributed by atoms with E-state index in [1.807, 2.05) is 36.9 Å². The lowest BCUT2D eigenvalue weighted by molar-refractivity contribution is -0.133. The molecule has 2 atom stereocenters. The van der Waals surface area contributed by atoms with Crippen LogP contribution in [0, 0.1) is 12.8 Å². The highest BCUT2D eigenvalue weighted by atomic mass is 16.3. The van der Waals surface area contributed by atoms with Gasteiger partial charge in [-0.3, -0.25) is 4.79 Å². The van der Waals surface area contributed by atoms with Crippen molar-refractivity contribution in [3.05, 3.63) is 35.4 Å². The van der Waals surface area contributed by atoms with Gasteiger partial charge in [0.1, 0.15) is 0 Å². The minimum absolute atomic E-state index is 0.177. The Morgan fingerprint density at radius 3 is 3.00 bits per heavy atom. The summed E-state index contributed by atoms with van der Waals surface area (Å²) in [6.07, 6.45) is 2.16. The van der Waals surface area contributed by atoms with E-state index in [4.69, 9.17) is 0 Å². The highest BCUT2D eigenvalue weighted by Gasteiger charge is 2.26. The first-order valence-corrected chi connectivity index (χ1v) is 7.07. The van der Waals surface area contributed by atoms with Crippen LogP contribution in [-0.4, -0.2) is 35.1 Å². The first-order chi connectivity index (χ1) is 9.06. The van der Waals surface area contributed by atoms with Crippen molar-refractivity contribution in [2.45, 2.75) is 39.2 Å². The summed E-state index contributed by atoms with van der Waals surface area (Å²) < 4.78 is 0. The average molecular weight is 261 g/mol. The maximum Gasteiger partial charge on any atom is 0.227 e. The Labute approximate surface area is 115 Å². The lowest BCUT2D eigenvalue weighted by Gasteiger charge is -2.34. The van der Waals surface area contributed by atoms with Crippen LogP contribution in [0.5, 0.6) is 0 Å². The van der Waals surface area contributed by atoms with Gasteiger partial charge in [-0.2, -0.15) is 0 Å². The van der Waals surface area contributed by atoms with Crippen LogP contribution in [0.3, 0.4) is 0 Å². The van der Waals surface area contributed by atoms with Crippen LogP contribution >= 0.6 is 0 Å². The molecule has 0 aliphatic carbocycles. The molecule has 0 radical (unpaired) electrons. The fourth-order valence-electron chi connectivity index (χ4n) is 2.74. The van der Waals surface area contributed by atoms with Gasteiger partial charge in [-0.15, -0.1) is 0 Å². The van der Waals surface area contributed by atoms with Crippen molar-refractivity contribution < 1.29 is 9.90 Å². The molecule has 1 aliphatic heterocycles. The minimum atomic E-state index is -0.324. The number of carbonyl (C=O) groups is 1. The number of likely N-dealkylation sites (tertiary alicyclic amines) is 1. The molecular formula is C16H23NO2. The summed E-state index contributed by atoms with van der Waals surface area (Å²) in [4.78, 5) is 14.2. The molecule has 1 amide bonds. The summed E-state index contributed by atoms with van der Waals surface area (Å²) in [6.45, 7) is 5.38. The molecule has 2 unspecified atom stereocenters. The molecule has 0 spiro atoms. The van der Waals surface area contributed by atoms with Crippen molar-refractivity contribution in [3.8, 4) is 0 Å². The van der Waals surface area contributed by atoms with Gasteiger partial charge in [0.05, 0.1) is 12.5 Å². The summed E-state index contributed by atoms with van der Waals surface area (Å²) in [7, 11) is 0. The molecule has 2 rings (SSSR count). The molecule has 1 fully saturated rings. The van der Waals surface area contributed by atoms with Crippen molar-refractivity contribution in [1.29, 1.82) is 0 Å². The fourth-order valence-corrected chi connectivity index (χ4v) is 2.74. The SMILES string of the molecule is Cc1cccc(CC(=O)N2CCCC(C(C)O)C2)c1. The second-order valence-electron chi connectivity index (χ2n) is 5.65. The van der Waals surface area contributed by atoms with E-state index in [-0.39, 0.29) is 17.9 Å². The number of rotatable bonds is 3. The van der Waals surface area contributed by atoms with E-state index in [9.17, 15) is 9.90 Å². The summed E-state index contributed by atoms with van der Waals surface area (Å²) in [5.74, 6) is 0.408. The molecule has 0 saturated carbocycles. The lowest BCUT2D eigenvalue weighted by Crippen LogP contribution is -2.43. The van der Waals surface area contributed by atoms with E-state index in [2.05, 4.69) is 6.07 Å². The molecule has 0 bridgehead atoms. The van der Waals surface area contributed by atoms with Crippen molar-refractivity contribution >= 4 is 5.91 Å². The Morgan fingerprint density at radius 2 is 2.32 bits per heavy atom. The van der Waals surface area contributed by atoms with E-state index in [1.54, 1.807) is 0 Å². The van der Waals surface area contributed by atoms with Crippen molar-refractivity contribution in [2.24, 2.45) is 5.92 Å². The summed E-state index contributed by atoms with van der Waals surface area (Å²) >= 11 is 0. The molecule has 3 nitrogen and oxygen atoms in total. The van der Waals surface area contributed by atoms with E-state index >= 15 is 0 Å². The van der Waals surface area contributed by atoms with Gasteiger partial charge in [-0.1, -0.05) is 29.8 Å². The van der Waals surface area contributed by atoms with E-state index < -0.39 is 0 Å². The fraction of sp³-hybridized carbons (Fsp3) is 0.562. The first-order valence-electron chi connectivity index (χ1n) is 7.07. The lowest BCUT2D eigenvalue weighted by atomic mass is 9.93. The van der Waals surface area contributed by atoms with Gasteiger partial charge in [0.25, 0.3) is 0 Å². The minimum Gasteiger partial charge on any atom is -0.393 e. The molecule has 1 saturated heterocycles. The van der Waals surface area contributed by atoms with Crippen LogP contribution in [0.4, 0.5) is 0 Å². The number of amides is 1. The van der Waals surface area contributed by atoms with Gasteiger partial charge >= 0.3 is 0 Å². The molecular weight excluding hydrogens is 238 g/mol. The van der Waals surface area contributed by atoms with Crippen LogP contribution in [0.1, 0.15) is 30.9 Å². The van der Waals surface area contributed by atoms with Crippen molar-refractivity contribution in [3.63, 3.8) is 0 Å². The highest BCUT2D eigenvalue weighted by Crippen LogP contribution is 2.20. The number of nitrogens with zero attached hydrogens (tertiary/aromatic N) is 1. The number of aliphatic hydroxyl groups is 1. The van der Waals surface area contributed by atoms with Gasteiger partial charge < -0.3 is 10.0 Å². The number of piperidine rings is 1. The summed E-state index contributed by atoms with van der Waals surface area (Å²) in [5.41, 5.74) is 2.26. The predicted molar refractivity (Wildman–Crippen MR) is 75.9 cm³/mol. The topological polar surface area (TPSA) is 40.5 Å². The zero-order valence-electron chi connectivity index (χ0n) is 11.8. The normalized spacial score (nSPS) is 21.2. The maximum absolute atomic E-state index is 12.3. The van der Waals surface area contributed by atoms with Crippen LogP contribution in [0.15, 0.2) is 24.3 Å². The highest BCUT2D eigenvalue weighted by molar-refractivity contribution is 5.78. The largest absolute Gasteiger partial charge is 0.393 e. The Morgan fingerprint density at radius 1 is 1.53 bits per heavy atom. The Bertz CT molecular complexity index is 442. The van der Waals surface area contributed by atoms with Crippen LogP contribution in [0.2, 0.25) is 0 Å². The second-order valence-corrected chi connectivity index (χ2v) is 5.65. The Balaban J connectivity index is 1.96. The number of aryl methyl sites for hydroxylation is 1. The molecule has 1 aromatic carbocycles. The molecule has 19 heavy (non-hydrogen) atoms. The van der Waals surface area contributed by atoms with Crippen molar-refractivity contribution in [2.75, 3.05) is 13.1 Å². The zero-order valence-corrected chi connectivity index (χ0v) is 11.8. The van der Waals surface area contributed by atoms with E-state index in [0.29, 0.717) is 13.0 Å². The number of benzene rings is 1. The molecule has 1 heterocycles. The van der Waals surface area contributed by atoms with Crippen molar-refractivity contribution in [1.82, 2.24) is 4.90 Å². The first kappa shape index (κ1) is 14.1. The summed E-state index contributed by atoms with van der Waals surface area (Å²) in [5, 5.41) is 9.66. The predicted octanol–water partition coefficient (Wildman–Crippen LogP) is 2.16. The van der Waals surface area contributed by atoms with E-state index in [0.717, 1.165) is 24.9 Å². The van der Waals surface area contributed by atoms with Gasteiger partial charge in [-0.05, 0) is 32.3 Å². The molecule has 104 valence electrons. The van der Waals surface area contributed by atoms with Crippen LogP contribution < -0.4 is 0 Å². The Kier molecular flexibility index (Phi) is 4.59. The van der Waals surface area contributed by atoms with Gasteiger partial charge in [0, 0.05) is 19.0 Å². The van der Waals surface area contributed by atoms with Gasteiger partial charge in [-0.25, -0.2) is 0 Å². The third-order valence-electron chi connectivity index (χ3n) is 3.93. The third kappa shape index (κ3) is 3.80. The molecule has 3 heteroatoms. The standard InChI is InChI=1S/C16H23NO2/c1-12-5-3-6-14(9-12)10-16(19)17-8-4-7-15(11-17)13(2)18/h3,5-6,9,13,15,18H,4,7-8,10-11H2,1-2H3. The maximum atomic E-state index is 12.3. The quantitative estimate of drug-likeness (QED) is 0.905. The molecule has 1 aromatic rings. The molecule has 1 N–H and O–H groups in total. The van der Waals surface area contributed by atoms with E-state index in [1.165, 1.54) is 5.56 Å². The number of hydrogen-bond donors (Lipinski definition) is 1. The number of aliphatic hydroxyl groups excluding tert-OH is 1. The smallest absolute Gasteiger partial charge is 0.227 e. The Hall–Kier alpha value is -1.35.